The SMILES string of the molecule is CC(C)Cc1nnc(NC(=O)c2occc2COc2ccccc2)s1. The minimum Gasteiger partial charge on any atom is -0.489 e. The lowest BCUT2D eigenvalue weighted by atomic mass is 10.1. The van der Waals surface area contributed by atoms with Crippen molar-refractivity contribution in [2.75, 3.05) is 5.32 Å². The fraction of sp³-hybridized carbons (Fsp3) is 0.278. The van der Waals surface area contributed by atoms with E-state index < -0.39 is 0 Å². The number of nitrogens with zero attached hydrogens (tertiary/aromatic N) is 2. The highest BCUT2D eigenvalue weighted by Crippen LogP contribution is 2.21. The van der Waals surface area contributed by atoms with Gasteiger partial charge in [-0.2, -0.15) is 0 Å². The van der Waals surface area contributed by atoms with Gasteiger partial charge in [-0.1, -0.05) is 43.4 Å². The predicted octanol–water partition coefficient (Wildman–Crippen LogP) is 4.16. The molecule has 1 amide bonds. The molecule has 0 bridgehead atoms. The Bertz CT molecular complexity index is 827. The number of nitrogens with one attached hydrogen (secondary N) is 1. The van der Waals surface area contributed by atoms with Crippen molar-refractivity contribution in [1.82, 2.24) is 10.2 Å². The normalized spacial score (nSPS) is 10.8. The zero-order valence-electron chi connectivity index (χ0n) is 14.1. The molecule has 1 N–H and O–H groups in total. The number of anilines is 1. The third kappa shape index (κ3) is 4.67. The highest BCUT2D eigenvalue weighted by Gasteiger charge is 2.18. The Labute approximate surface area is 149 Å². The summed E-state index contributed by atoms with van der Waals surface area (Å²) in [6.07, 6.45) is 2.31. The number of ether oxygens (including phenoxy) is 1. The van der Waals surface area contributed by atoms with Crippen LogP contribution in [0.15, 0.2) is 47.1 Å². The van der Waals surface area contributed by atoms with Gasteiger partial charge in [-0.05, 0) is 24.1 Å². The van der Waals surface area contributed by atoms with Gasteiger partial charge >= 0.3 is 0 Å². The zero-order valence-corrected chi connectivity index (χ0v) is 14.9. The number of hydrogen-bond donors (Lipinski definition) is 1. The molecule has 6 nitrogen and oxygen atoms in total. The van der Waals surface area contributed by atoms with Crippen molar-refractivity contribution in [3.05, 3.63) is 59.0 Å². The van der Waals surface area contributed by atoms with Gasteiger partial charge in [0.25, 0.3) is 5.91 Å². The molecule has 0 spiro atoms. The maximum atomic E-state index is 12.4. The lowest BCUT2D eigenvalue weighted by Gasteiger charge is -2.06. The summed E-state index contributed by atoms with van der Waals surface area (Å²) < 4.78 is 11.0. The van der Waals surface area contributed by atoms with Gasteiger partial charge in [0.2, 0.25) is 5.13 Å². The third-order valence-corrected chi connectivity index (χ3v) is 4.22. The molecule has 130 valence electrons. The number of para-hydroxylation sites is 1. The van der Waals surface area contributed by atoms with E-state index in [2.05, 4.69) is 29.4 Å². The molecule has 3 rings (SSSR count). The molecule has 2 aromatic heterocycles. The molecule has 3 aromatic rings. The van der Waals surface area contributed by atoms with Crippen molar-refractivity contribution in [2.45, 2.75) is 26.9 Å². The van der Waals surface area contributed by atoms with Crippen molar-refractivity contribution in [3.8, 4) is 5.75 Å². The van der Waals surface area contributed by atoms with Gasteiger partial charge in [-0.25, -0.2) is 0 Å². The van der Waals surface area contributed by atoms with Crippen LogP contribution in [-0.2, 0) is 13.0 Å². The van der Waals surface area contributed by atoms with Crippen LogP contribution in [0.4, 0.5) is 5.13 Å². The van der Waals surface area contributed by atoms with Gasteiger partial charge in [0, 0.05) is 12.0 Å². The first-order valence-electron chi connectivity index (χ1n) is 7.99. The summed E-state index contributed by atoms with van der Waals surface area (Å²) >= 11 is 1.38. The molecule has 2 heterocycles. The standard InChI is InChI=1S/C18H19N3O3S/c1-12(2)10-15-20-21-18(25-15)19-17(22)16-13(8-9-23-16)11-24-14-6-4-3-5-7-14/h3-9,12H,10-11H2,1-2H3,(H,19,21,22). The molecular formula is C18H19N3O3S. The molecule has 25 heavy (non-hydrogen) atoms. The van der Waals surface area contributed by atoms with Crippen LogP contribution in [0.25, 0.3) is 0 Å². The van der Waals surface area contributed by atoms with Gasteiger partial charge in [-0.3, -0.25) is 10.1 Å². The van der Waals surface area contributed by atoms with E-state index >= 15 is 0 Å². The number of aromatic nitrogens is 2. The van der Waals surface area contributed by atoms with E-state index in [1.807, 2.05) is 30.3 Å². The zero-order chi connectivity index (χ0) is 17.6. The van der Waals surface area contributed by atoms with E-state index in [-0.39, 0.29) is 18.3 Å². The molecule has 0 unspecified atom stereocenters. The minimum atomic E-state index is -0.357. The molecular weight excluding hydrogens is 338 g/mol. The van der Waals surface area contributed by atoms with Crippen molar-refractivity contribution >= 4 is 22.4 Å². The van der Waals surface area contributed by atoms with Crippen LogP contribution in [0.2, 0.25) is 0 Å². The van der Waals surface area contributed by atoms with E-state index in [1.54, 1.807) is 6.07 Å². The predicted molar refractivity (Wildman–Crippen MR) is 95.9 cm³/mol. The van der Waals surface area contributed by atoms with Gasteiger partial charge in [0.15, 0.2) is 5.76 Å². The van der Waals surface area contributed by atoms with Gasteiger partial charge in [0.05, 0.1) is 6.26 Å². The largest absolute Gasteiger partial charge is 0.489 e. The van der Waals surface area contributed by atoms with Gasteiger partial charge in [0.1, 0.15) is 17.4 Å². The summed E-state index contributed by atoms with van der Waals surface area (Å²) in [6, 6.07) is 11.1. The van der Waals surface area contributed by atoms with Crippen LogP contribution >= 0.6 is 11.3 Å². The number of benzene rings is 1. The number of furan rings is 1. The molecule has 0 saturated carbocycles. The number of rotatable bonds is 7. The molecule has 1 aromatic carbocycles. The van der Waals surface area contributed by atoms with Crippen molar-refractivity contribution < 1.29 is 13.9 Å². The van der Waals surface area contributed by atoms with E-state index in [1.165, 1.54) is 17.6 Å². The van der Waals surface area contributed by atoms with Crippen LogP contribution in [0.3, 0.4) is 0 Å². The molecule has 0 fully saturated rings. The lowest BCUT2D eigenvalue weighted by molar-refractivity contribution is 0.0993. The minimum absolute atomic E-state index is 0.219. The highest BCUT2D eigenvalue weighted by molar-refractivity contribution is 7.15. The summed E-state index contributed by atoms with van der Waals surface area (Å²) in [6.45, 7) is 4.47. The number of carbonyl (C=O) groups is 1. The Morgan fingerprint density at radius 1 is 1.24 bits per heavy atom. The first-order valence-corrected chi connectivity index (χ1v) is 8.81. The second-order valence-electron chi connectivity index (χ2n) is 5.93. The first kappa shape index (κ1) is 17.2. The molecule has 7 heteroatoms. The van der Waals surface area contributed by atoms with E-state index in [4.69, 9.17) is 9.15 Å². The molecule has 0 aliphatic rings. The molecule has 0 atom stereocenters. The van der Waals surface area contributed by atoms with Gasteiger partial charge in [-0.15, -0.1) is 10.2 Å². The Morgan fingerprint density at radius 3 is 2.80 bits per heavy atom. The Kier molecular flexibility index (Phi) is 5.45. The maximum Gasteiger partial charge on any atom is 0.293 e. The fourth-order valence-electron chi connectivity index (χ4n) is 2.22. The quantitative estimate of drug-likeness (QED) is 0.687. The number of amides is 1. The topological polar surface area (TPSA) is 77.3 Å². The van der Waals surface area contributed by atoms with Crippen molar-refractivity contribution in [3.63, 3.8) is 0 Å². The third-order valence-electron chi connectivity index (χ3n) is 3.36. The molecule has 0 saturated heterocycles. The second kappa shape index (κ2) is 7.94. The number of hydrogen-bond acceptors (Lipinski definition) is 6. The van der Waals surface area contributed by atoms with Crippen molar-refractivity contribution in [2.24, 2.45) is 5.92 Å². The summed E-state index contributed by atoms with van der Waals surface area (Å²) in [5, 5.41) is 12.2. The maximum absolute atomic E-state index is 12.4. The average Bonchev–Trinajstić information content (AvgIpc) is 3.22. The summed E-state index contributed by atoms with van der Waals surface area (Å²) in [5.41, 5.74) is 0.674. The van der Waals surface area contributed by atoms with E-state index in [9.17, 15) is 4.79 Å². The van der Waals surface area contributed by atoms with Crippen molar-refractivity contribution in [1.29, 1.82) is 0 Å². The van der Waals surface area contributed by atoms with Crippen LogP contribution in [0, 0.1) is 5.92 Å². The van der Waals surface area contributed by atoms with E-state index in [0.717, 1.165) is 17.2 Å². The smallest absolute Gasteiger partial charge is 0.293 e. The number of carbonyl (C=O) groups excluding carboxylic acids is 1. The van der Waals surface area contributed by atoms with Crippen LogP contribution in [-0.4, -0.2) is 16.1 Å². The lowest BCUT2D eigenvalue weighted by Crippen LogP contribution is -2.13. The summed E-state index contributed by atoms with van der Waals surface area (Å²) in [4.78, 5) is 12.4. The van der Waals surface area contributed by atoms with Crippen LogP contribution < -0.4 is 10.1 Å². The Balaban J connectivity index is 1.63. The summed E-state index contributed by atoms with van der Waals surface area (Å²) in [7, 11) is 0. The molecule has 0 radical (unpaired) electrons. The monoisotopic (exact) mass is 357 g/mol. The highest BCUT2D eigenvalue weighted by atomic mass is 32.1. The molecule has 0 aliphatic heterocycles. The average molecular weight is 357 g/mol. The first-order chi connectivity index (χ1) is 12.1. The summed E-state index contributed by atoms with van der Waals surface area (Å²) in [5.74, 6) is 1.08. The van der Waals surface area contributed by atoms with Crippen LogP contribution in [0.1, 0.15) is 35.0 Å². The van der Waals surface area contributed by atoms with Crippen LogP contribution in [0.5, 0.6) is 5.75 Å². The second-order valence-corrected chi connectivity index (χ2v) is 6.99. The Morgan fingerprint density at radius 2 is 2.04 bits per heavy atom. The van der Waals surface area contributed by atoms with Gasteiger partial charge < -0.3 is 9.15 Å². The Hall–Kier alpha value is -2.67. The fourth-order valence-corrected chi connectivity index (χ4v) is 3.16. The molecule has 0 aliphatic carbocycles. The van der Waals surface area contributed by atoms with E-state index in [0.29, 0.717) is 16.6 Å².